The Morgan fingerprint density at radius 3 is 2.95 bits per heavy atom. The van der Waals surface area contributed by atoms with Crippen molar-refractivity contribution in [3.05, 3.63) is 35.4 Å². The van der Waals surface area contributed by atoms with Gasteiger partial charge in [0.15, 0.2) is 0 Å². The summed E-state index contributed by atoms with van der Waals surface area (Å²) in [5, 5.41) is 14.7. The van der Waals surface area contributed by atoms with Crippen molar-refractivity contribution in [1.29, 1.82) is 0 Å². The Bertz CT molecular complexity index is 489. The van der Waals surface area contributed by atoms with Gasteiger partial charge >= 0.3 is 6.03 Å². The molecule has 116 valence electrons. The third-order valence-corrected chi connectivity index (χ3v) is 4.42. The van der Waals surface area contributed by atoms with E-state index in [0.717, 1.165) is 19.3 Å². The minimum atomic E-state index is -0.153. The highest BCUT2D eigenvalue weighted by Crippen LogP contribution is 2.36. The van der Waals surface area contributed by atoms with Crippen LogP contribution < -0.4 is 10.6 Å². The zero-order valence-corrected chi connectivity index (χ0v) is 13.0. The maximum absolute atomic E-state index is 11.9. The molecule has 3 N–H and O–H groups in total. The fourth-order valence-electron chi connectivity index (χ4n) is 3.13. The monoisotopic (exact) mass is 290 g/mol. The lowest BCUT2D eigenvalue weighted by atomic mass is 9.71. The average molecular weight is 290 g/mol. The van der Waals surface area contributed by atoms with Crippen LogP contribution in [0.4, 0.5) is 4.79 Å². The van der Waals surface area contributed by atoms with Crippen LogP contribution in [-0.4, -0.2) is 30.3 Å². The van der Waals surface area contributed by atoms with Gasteiger partial charge in [-0.05, 0) is 43.7 Å². The van der Waals surface area contributed by atoms with E-state index in [1.165, 1.54) is 11.1 Å². The molecule has 0 saturated heterocycles. The molecule has 0 spiro atoms. The van der Waals surface area contributed by atoms with E-state index < -0.39 is 0 Å². The largest absolute Gasteiger partial charge is 0.396 e. The Morgan fingerprint density at radius 2 is 2.19 bits per heavy atom. The number of nitrogens with one attached hydrogen (secondary N) is 2. The smallest absolute Gasteiger partial charge is 0.315 e. The van der Waals surface area contributed by atoms with Gasteiger partial charge < -0.3 is 15.7 Å². The summed E-state index contributed by atoms with van der Waals surface area (Å²) >= 11 is 0. The lowest BCUT2D eigenvalue weighted by molar-refractivity contribution is 0.227. The van der Waals surface area contributed by atoms with Gasteiger partial charge in [-0.3, -0.25) is 0 Å². The SMILES string of the molecule is C[C@H](CCO)NC(=O)NCC1(C)CCCc2ccccc21. The van der Waals surface area contributed by atoms with E-state index in [4.69, 9.17) is 5.11 Å². The van der Waals surface area contributed by atoms with Crippen molar-refractivity contribution < 1.29 is 9.90 Å². The summed E-state index contributed by atoms with van der Waals surface area (Å²) < 4.78 is 0. The topological polar surface area (TPSA) is 61.4 Å². The van der Waals surface area contributed by atoms with Gasteiger partial charge in [0.2, 0.25) is 0 Å². The summed E-state index contributed by atoms with van der Waals surface area (Å²) in [6.45, 7) is 4.85. The molecule has 0 heterocycles. The zero-order chi connectivity index (χ0) is 15.3. The van der Waals surface area contributed by atoms with Crippen molar-refractivity contribution >= 4 is 6.03 Å². The molecule has 0 radical (unpaired) electrons. The lowest BCUT2D eigenvalue weighted by Gasteiger charge is -2.36. The van der Waals surface area contributed by atoms with Gasteiger partial charge in [0.25, 0.3) is 0 Å². The first-order valence-corrected chi connectivity index (χ1v) is 7.79. The molecule has 21 heavy (non-hydrogen) atoms. The molecular weight excluding hydrogens is 264 g/mol. The van der Waals surface area contributed by atoms with Crippen LogP contribution in [0.1, 0.15) is 44.2 Å². The minimum Gasteiger partial charge on any atom is -0.396 e. The number of rotatable bonds is 5. The summed E-state index contributed by atoms with van der Waals surface area (Å²) in [5.41, 5.74) is 2.77. The summed E-state index contributed by atoms with van der Waals surface area (Å²) in [4.78, 5) is 11.9. The summed E-state index contributed by atoms with van der Waals surface area (Å²) in [5.74, 6) is 0. The number of aliphatic hydroxyl groups excluding tert-OH is 1. The highest BCUT2D eigenvalue weighted by atomic mass is 16.3. The van der Waals surface area contributed by atoms with Gasteiger partial charge in [-0.2, -0.15) is 0 Å². The van der Waals surface area contributed by atoms with E-state index >= 15 is 0 Å². The average Bonchev–Trinajstić information content (AvgIpc) is 2.46. The highest BCUT2D eigenvalue weighted by molar-refractivity contribution is 5.74. The van der Waals surface area contributed by atoms with Gasteiger partial charge in [0.1, 0.15) is 0 Å². The molecule has 0 aromatic heterocycles. The molecule has 2 atom stereocenters. The number of carbonyl (C=O) groups is 1. The molecule has 1 aliphatic rings. The van der Waals surface area contributed by atoms with Crippen LogP contribution in [0.25, 0.3) is 0 Å². The second kappa shape index (κ2) is 6.94. The van der Waals surface area contributed by atoms with Crippen molar-refractivity contribution in [3.63, 3.8) is 0 Å². The van der Waals surface area contributed by atoms with E-state index in [9.17, 15) is 4.79 Å². The first kappa shape index (κ1) is 15.8. The van der Waals surface area contributed by atoms with Gasteiger partial charge in [0.05, 0.1) is 0 Å². The third-order valence-electron chi connectivity index (χ3n) is 4.42. The molecule has 2 amide bonds. The minimum absolute atomic E-state index is 0.00635. The zero-order valence-electron chi connectivity index (χ0n) is 13.0. The van der Waals surface area contributed by atoms with Gasteiger partial charge in [-0.1, -0.05) is 31.2 Å². The molecule has 0 aliphatic heterocycles. The van der Waals surface area contributed by atoms with E-state index in [-0.39, 0.29) is 24.1 Å². The van der Waals surface area contributed by atoms with Crippen LogP contribution in [0, 0.1) is 0 Å². The summed E-state index contributed by atoms with van der Waals surface area (Å²) in [6, 6.07) is 8.37. The number of hydrogen-bond acceptors (Lipinski definition) is 2. The van der Waals surface area contributed by atoms with Crippen molar-refractivity contribution in [2.24, 2.45) is 0 Å². The van der Waals surface area contributed by atoms with Gasteiger partial charge in [-0.15, -0.1) is 0 Å². The Balaban J connectivity index is 1.95. The van der Waals surface area contributed by atoms with Crippen molar-refractivity contribution in [2.75, 3.05) is 13.2 Å². The van der Waals surface area contributed by atoms with E-state index in [0.29, 0.717) is 13.0 Å². The van der Waals surface area contributed by atoms with Gasteiger partial charge in [0, 0.05) is 24.6 Å². The second-order valence-electron chi connectivity index (χ2n) is 6.31. The third kappa shape index (κ3) is 3.97. The number of aryl methyl sites for hydroxylation is 1. The van der Waals surface area contributed by atoms with Gasteiger partial charge in [-0.25, -0.2) is 4.79 Å². The Labute approximate surface area is 126 Å². The van der Waals surface area contributed by atoms with E-state index in [1.54, 1.807) is 0 Å². The summed E-state index contributed by atoms with van der Waals surface area (Å²) in [6.07, 6.45) is 3.97. The van der Waals surface area contributed by atoms with Crippen LogP contribution in [0.15, 0.2) is 24.3 Å². The van der Waals surface area contributed by atoms with Crippen LogP contribution >= 0.6 is 0 Å². The lowest BCUT2D eigenvalue weighted by Crippen LogP contribution is -2.47. The Kier molecular flexibility index (Phi) is 5.23. The van der Waals surface area contributed by atoms with Crippen LogP contribution in [0.5, 0.6) is 0 Å². The molecule has 1 aromatic carbocycles. The first-order valence-electron chi connectivity index (χ1n) is 7.79. The maximum atomic E-state index is 11.9. The fraction of sp³-hybridized carbons (Fsp3) is 0.588. The first-order chi connectivity index (χ1) is 10.0. The molecule has 1 unspecified atom stereocenters. The maximum Gasteiger partial charge on any atom is 0.315 e. The Morgan fingerprint density at radius 1 is 1.43 bits per heavy atom. The molecule has 0 bridgehead atoms. The fourth-order valence-corrected chi connectivity index (χ4v) is 3.13. The predicted octanol–water partition coefficient (Wildman–Crippen LogP) is 2.35. The highest BCUT2D eigenvalue weighted by Gasteiger charge is 2.32. The number of carbonyl (C=O) groups excluding carboxylic acids is 1. The molecule has 4 heteroatoms. The second-order valence-corrected chi connectivity index (χ2v) is 6.31. The standard InChI is InChI=1S/C17H26N2O2/c1-13(9-11-20)19-16(21)18-12-17(2)10-5-7-14-6-3-4-8-15(14)17/h3-4,6,8,13,20H,5,7,9-12H2,1-2H3,(H2,18,19,21)/t13-,17?/m1/s1. The molecule has 1 aromatic rings. The number of aliphatic hydroxyl groups is 1. The molecule has 0 saturated carbocycles. The predicted molar refractivity (Wildman–Crippen MR) is 84.4 cm³/mol. The molecule has 0 fully saturated rings. The molecule has 4 nitrogen and oxygen atoms in total. The van der Waals surface area contributed by atoms with Crippen LogP contribution in [0.2, 0.25) is 0 Å². The quantitative estimate of drug-likeness (QED) is 0.779. The van der Waals surface area contributed by atoms with Crippen LogP contribution in [-0.2, 0) is 11.8 Å². The Hall–Kier alpha value is -1.55. The van der Waals surface area contributed by atoms with E-state index in [1.807, 2.05) is 6.92 Å². The number of hydrogen-bond donors (Lipinski definition) is 3. The molecular formula is C17H26N2O2. The normalized spacial score (nSPS) is 22.2. The van der Waals surface area contributed by atoms with Crippen LogP contribution in [0.3, 0.4) is 0 Å². The number of fused-ring (bicyclic) bond motifs is 1. The molecule has 1 aliphatic carbocycles. The van der Waals surface area contributed by atoms with Crippen molar-refractivity contribution in [1.82, 2.24) is 10.6 Å². The van der Waals surface area contributed by atoms with E-state index in [2.05, 4.69) is 41.8 Å². The summed E-state index contributed by atoms with van der Waals surface area (Å²) in [7, 11) is 0. The van der Waals surface area contributed by atoms with Crippen molar-refractivity contribution in [3.8, 4) is 0 Å². The number of urea groups is 1. The number of amides is 2. The molecule has 2 rings (SSSR count). The van der Waals surface area contributed by atoms with Crippen molar-refractivity contribution in [2.45, 2.75) is 51.0 Å². The number of benzene rings is 1.